The lowest BCUT2D eigenvalue weighted by Gasteiger charge is -2.21. The van der Waals surface area contributed by atoms with E-state index >= 15 is 0 Å². The molecular formula is C32H38N6O2S. The van der Waals surface area contributed by atoms with Crippen LogP contribution in [-0.4, -0.2) is 50.8 Å². The summed E-state index contributed by atoms with van der Waals surface area (Å²) in [6.07, 6.45) is 1.44. The molecular weight excluding hydrogens is 532 g/mol. The van der Waals surface area contributed by atoms with Gasteiger partial charge in [0, 0.05) is 41.7 Å². The van der Waals surface area contributed by atoms with Gasteiger partial charge in [-0.3, -0.25) is 9.36 Å². The van der Waals surface area contributed by atoms with Crippen LogP contribution in [0.5, 0.6) is 5.75 Å². The van der Waals surface area contributed by atoms with E-state index in [1.54, 1.807) is 12.1 Å². The SMILES string of the molecule is CCN(CC)c1ccc(/C=N/NC(=O)CSc2nnc(-c3ccc(C(C)(C)C)cc3)n2-c2ccc(C)cc2)c(O)c1. The number of thioether (sulfide) groups is 1. The number of carbonyl (C=O) groups excluding carboxylic acids is 1. The third-order valence-electron chi connectivity index (χ3n) is 6.80. The molecule has 8 nitrogen and oxygen atoms in total. The van der Waals surface area contributed by atoms with E-state index in [1.807, 2.05) is 41.8 Å². The van der Waals surface area contributed by atoms with Crippen molar-refractivity contribution in [2.24, 2.45) is 5.10 Å². The van der Waals surface area contributed by atoms with E-state index in [1.165, 1.54) is 23.5 Å². The molecule has 2 N–H and O–H groups in total. The van der Waals surface area contributed by atoms with E-state index in [4.69, 9.17) is 0 Å². The van der Waals surface area contributed by atoms with Gasteiger partial charge in [-0.05, 0) is 56.0 Å². The molecule has 0 aliphatic carbocycles. The van der Waals surface area contributed by atoms with Crippen molar-refractivity contribution >= 4 is 29.6 Å². The van der Waals surface area contributed by atoms with Gasteiger partial charge in [-0.1, -0.05) is 74.5 Å². The molecule has 1 amide bonds. The second-order valence-electron chi connectivity index (χ2n) is 10.8. The fourth-order valence-electron chi connectivity index (χ4n) is 4.36. The summed E-state index contributed by atoms with van der Waals surface area (Å²) in [6, 6.07) is 21.9. The number of aromatic hydroxyl groups is 1. The van der Waals surface area contributed by atoms with Crippen molar-refractivity contribution in [1.82, 2.24) is 20.2 Å². The van der Waals surface area contributed by atoms with Crippen molar-refractivity contribution in [3.63, 3.8) is 0 Å². The molecule has 3 aromatic carbocycles. The van der Waals surface area contributed by atoms with Crippen LogP contribution in [-0.2, 0) is 10.2 Å². The van der Waals surface area contributed by atoms with Gasteiger partial charge in [-0.25, -0.2) is 5.43 Å². The maximum absolute atomic E-state index is 12.6. The highest BCUT2D eigenvalue weighted by molar-refractivity contribution is 7.99. The fourth-order valence-corrected chi connectivity index (χ4v) is 5.10. The Labute approximate surface area is 246 Å². The summed E-state index contributed by atoms with van der Waals surface area (Å²) in [5.74, 6) is 0.618. The lowest BCUT2D eigenvalue weighted by atomic mass is 9.87. The topological polar surface area (TPSA) is 95.6 Å². The van der Waals surface area contributed by atoms with Crippen molar-refractivity contribution in [2.75, 3.05) is 23.7 Å². The highest BCUT2D eigenvalue weighted by atomic mass is 32.2. The van der Waals surface area contributed by atoms with Crippen LogP contribution in [0.2, 0.25) is 0 Å². The molecule has 0 saturated heterocycles. The predicted octanol–water partition coefficient (Wildman–Crippen LogP) is 6.33. The molecule has 214 valence electrons. The molecule has 0 fully saturated rings. The van der Waals surface area contributed by atoms with E-state index in [0.717, 1.165) is 35.6 Å². The Morgan fingerprint density at radius 2 is 1.71 bits per heavy atom. The maximum atomic E-state index is 12.6. The molecule has 41 heavy (non-hydrogen) atoms. The molecule has 0 aliphatic heterocycles. The number of aromatic nitrogens is 3. The van der Waals surface area contributed by atoms with E-state index in [0.29, 0.717) is 16.5 Å². The Morgan fingerprint density at radius 1 is 1.02 bits per heavy atom. The van der Waals surface area contributed by atoms with Gasteiger partial charge < -0.3 is 10.0 Å². The third kappa shape index (κ3) is 7.35. The zero-order valence-corrected chi connectivity index (χ0v) is 25.4. The number of phenolic OH excluding ortho intramolecular Hbond substituents is 1. The number of nitrogens with one attached hydrogen (secondary N) is 1. The second-order valence-corrected chi connectivity index (χ2v) is 11.7. The largest absolute Gasteiger partial charge is 0.507 e. The fraction of sp³-hybridized carbons (Fsp3) is 0.312. The van der Waals surface area contributed by atoms with Gasteiger partial charge in [0.2, 0.25) is 0 Å². The second kappa shape index (κ2) is 13.0. The molecule has 0 unspecified atom stereocenters. The first-order chi connectivity index (χ1) is 19.6. The van der Waals surface area contributed by atoms with Crippen LogP contribution in [0.15, 0.2) is 77.0 Å². The highest BCUT2D eigenvalue weighted by Crippen LogP contribution is 2.30. The Bertz CT molecular complexity index is 1500. The normalized spacial score (nSPS) is 11.7. The van der Waals surface area contributed by atoms with Crippen LogP contribution >= 0.6 is 11.8 Å². The van der Waals surface area contributed by atoms with E-state index in [9.17, 15) is 9.90 Å². The maximum Gasteiger partial charge on any atom is 0.250 e. The summed E-state index contributed by atoms with van der Waals surface area (Å²) >= 11 is 1.29. The minimum absolute atomic E-state index is 0.0491. The summed E-state index contributed by atoms with van der Waals surface area (Å²) in [7, 11) is 0. The number of rotatable bonds is 10. The number of amides is 1. The zero-order chi connectivity index (χ0) is 29.6. The van der Waals surface area contributed by atoms with Crippen LogP contribution in [0.4, 0.5) is 5.69 Å². The van der Waals surface area contributed by atoms with Crippen molar-refractivity contribution in [3.8, 4) is 22.8 Å². The lowest BCUT2D eigenvalue weighted by Crippen LogP contribution is -2.21. The van der Waals surface area contributed by atoms with E-state index < -0.39 is 0 Å². The Balaban J connectivity index is 1.48. The number of benzene rings is 3. The number of carbonyl (C=O) groups is 1. The number of nitrogens with zero attached hydrogens (tertiary/aromatic N) is 5. The first kappa shape index (κ1) is 29.9. The Hall–Kier alpha value is -4.11. The first-order valence-corrected chi connectivity index (χ1v) is 14.7. The number of phenols is 1. The molecule has 1 aromatic heterocycles. The molecule has 0 aliphatic rings. The summed E-state index contributed by atoms with van der Waals surface area (Å²) in [5, 5.41) is 24.0. The third-order valence-corrected chi connectivity index (χ3v) is 7.73. The van der Waals surface area contributed by atoms with Crippen molar-refractivity contribution < 1.29 is 9.90 Å². The van der Waals surface area contributed by atoms with Crippen molar-refractivity contribution in [2.45, 2.75) is 52.1 Å². The lowest BCUT2D eigenvalue weighted by molar-refractivity contribution is -0.118. The van der Waals surface area contributed by atoms with Crippen LogP contribution in [0.3, 0.4) is 0 Å². The smallest absolute Gasteiger partial charge is 0.250 e. The van der Waals surface area contributed by atoms with Gasteiger partial charge in [0.15, 0.2) is 11.0 Å². The van der Waals surface area contributed by atoms with Gasteiger partial charge in [-0.15, -0.1) is 10.2 Å². The van der Waals surface area contributed by atoms with Gasteiger partial charge in [-0.2, -0.15) is 5.10 Å². The van der Waals surface area contributed by atoms with Crippen LogP contribution in [0.25, 0.3) is 17.1 Å². The van der Waals surface area contributed by atoms with Crippen LogP contribution < -0.4 is 10.3 Å². The molecule has 9 heteroatoms. The number of hydrogen-bond acceptors (Lipinski definition) is 7. The Morgan fingerprint density at radius 3 is 2.32 bits per heavy atom. The van der Waals surface area contributed by atoms with Gasteiger partial charge in [0.1, 0.15) is 5.75 Å². The summed E-state index contributed by atoms with van der Waals surface area (Å²) in [4.78, 5) is 14.8. The molecule has 0 bridgehead atoms. The van der Waals surface area contributed by atoms with E-state index in [2.05, 4.69) is 84.5 Å². The van der Waals surface area contributed by atoms with Gasteiger partial charge in [0.25, 0.3) is 5.91 Å². The van der Waals surface area contributed by atoms with Gasteiger partial charge in [0.05, 0.1) is 12.0 Å². The minimum Gasteiger partial charge on any atom is -0.507 e. The quantitative estimate of drug-likeness (QED) is 0.131. The molecule has 4 aromatic rings. The van der Waals surface area contributed by atoms with Crippen molar-refractivity contribution in [1.29, 1.82) is 0 Å². The zero-order valence-electron chi connectivity index (χ0n) is 24.5. The average Bonchev–Trinajstić information content (AvgIpc) is 3.37. The minimum atomic E-state index is -0.292. The monoisotopic (exact) mass is 570 g/mol. The summed E-state index contributed by atoms with van der Waals surface area (Å²) in [6.45, 7) is 14.4. The molecule has 0 atom stereocenters. The standard InChI is InChI=1S/C32H38N6O2S/c1-7-37(8-2)27-18-13-24(28(39)19-27)20-33-34-29(40)21-41-31-36-35-30(38(31)26-16-9-22(3)10-17-26)23-11-14-25(15-12-23)32(4,5)6/h9-20,39H,7-8,21H2,1-6H3,(H,34,40)/b33-20+. The summed E-state index contributed by atoms with van der Waals surface area (Å²) in [5.41, 5.74) is 8.30. The predicted molar refractivity (Wildman–Crippen MR) is 168 cm³/mol. The molecule has 0 radical (unpaired) electrons. The van der Waals surface area contributed by atoms with Crippen molar-refractivity contribution in [3.05, 3.63) is 83.4 Å². The highest BCUT2D eigenvalue weighted by Gasteiger charge is 2.19. The van der Waals surface area contributed by atoms with E-state index in [-0.39, 0.29) is 22.8 Å². The number of hydrazone groups is 1. The molecule has 4 rings (SSSR count). The number of aryl methyl sites for hydroxylation is 1. The molecule has 0 spiro atoms. The first-order valence-electron chi connectivity index (χ1n) is 13.8. The van der Waals surface area contributed by atoms with Crippen LogP contribution in [0.1, 0.15) is 51.3 Å². The Kier molecular flexibility index (Phi) is 9.50. The summed E-state index contributed by atoms with van der Waals surface area (Å²) < 4.78 is 1.97. The van der Waals surface area contributed by atoms with Crippen LogP contribution in [0, 0.1) is 6.92 Å². The number of anilines is 1. The number of hydrogen-bond donors (Lipinski definition) is 2. The molecule has 1 heterocycles. The van der Waals surface area contributed by atoms with Gasteiger partial charge >= 0.3 is 0 Å². The molecule has 0 saturated carbocycles. The average molecular weight is 571 g/mol.